The highest BCUT2D eigenvalue weighted by Crippen LogP contribution is 2.26. The van der Waals surface area contributed by atoms with E-state index in [1.807, 2.05) is 51.1 Å². The van der Waals surface area contributed by atoms with Gasteiger partial charge in [-0.3, -0.25) is 9.59 Å². The van der Waals surface area contributed by atoms with Crippen molar-refractivity contribution in [1.29, 1.82) is 0 Å². The van der Waals surface area contributed by atoms with Gasteiger partial charge in [-0.15, -0.1) is 0 Å². The van der Waals surface area contributed by atoms with Gasteiger partial charge in [-0.25, -0.2) is 0 Å². The fourth-order valence-corrected chi connectivity index (χ4v) is 2.90. The van der Waals surface area contributed by atoms with Crippen LogP contribution in [0, 0.1) is 5.41 Å². The Hall–Kier alpha value is -1.84. The Labute approximate surface area is 133 Å². The lowest BCUT2D eigenvalue weighted by Crippen LogP contribution is -2.52. The van der Waals surface area contributed by atoms with Crippen molar-refractivity contribution in [3.63, 3.8) is 0 Å². The smallest absolute Gasteiger partial charge is 0.316 e. The minimum absolute atomic E-state index is 0.0731. The second kappa shape index (κ2) is 6.95. The van der Waals surface area contributed by atoms with Gasteiger partial charge in [0.05, 0.1) is 0 Å². The van der Waals surface area contributed by atoms with E-state index in [1.54, 1.807) is 0 Å². The molecule has 0 aliphatic carbocycles. The van der Waals surface area contributed by atoms with Crippen molar-refractivity contribution in [2.45, 2.75) is 53.5 Å². The summed E-state index contributed by atoms with van der Waals surface area (Å²) in [5.41, 5.74) is 0.379. The fraction of sp³-hybridized carbons (Fsp3) is 0.556. The Morgan fingerprint density at radius 2 is 1.59 bits per heavy atom. The maximum Gasteiger partial charge on any atom is 0.316 e. The first-order valence-corrected chi connectivity index (χ1v) is 7.75. The van der Waals surface area contributed by atoms with E-state index in [1.165, 1.54) is 4.90 Å². The molecule has 1 aromatic rings. The SMILES string of the molecule is CCN(C(=O)C(=O)NC(C)(C)CC(C)(C)C)c1ccccc1. The number of nitrogens with one attached hydrogen (secondary N) is 1. The molecule has 122 valence electrons. The van der Waals surface area contributed by atoms with Crippen LogP contribution >= 0.6 is 0 Å². The summed E-state index contributed by atoms with van der Waals surface area (Å²) in [5, 5.41) is 2.87. The number of benzene rings is 1. The van der Waals surface area contributed by atoms with Crippen molar-refractivity contribution in [2.24, 2.45) is 5.41 Å². The number of hydrogen-bond donors (Lipinski definition) is 1. The fourth-order valence-electron chi connectivity index (χ4n) is 2.90. The number of nitrogens with zero attached hydrogens (tertiary/aromatic N) is 1. The van der Waals surface area contributed by atoms with Gasteiger partial charge >= 0.3 is 11.8 Å². The van der Waals surface area contributed by atoms with Crippen LogP contribution in [-0.2, 0) is 9.59 Å². The number of anilines is 1. The van der Waals surface area contributed by atoms with Crippen molar-refractivity contribution in [2.75, 3.05) is 11.4 Å². The highest BCUT2D eigenvalue weighted by molar-refractivity contribution is 6.40. The molecule has 2 amide bonds. The van der Waals surface area contributed by atoms with E-state index >= 15 is 0 Å². The number of amides is 2. The lowest BCUT2D eigenvalue weighted by Gasteiger charge is -2.33. The molecule has 1 rings (SSSR count). The van der Waals surface area contributed by atoms with Crippen molar-refractivity contribution < 1.29 is 9.59 Å². The minimum Gasteiger partial charge on any atom is -0.343 e. The summed E-state index contributed by atoms with van der Waals surface area (Å²) in [6, 6.07) is 9.25. The Kier molecular flexibility index (Phi) is 5.75. The van der Waals surface area contributed by atoms with Crippen LogP contribution in [0.1, 0.15) is 48.0 Å². The highest BCUT2D eigenvalue weighted by atomic mass is 16.2. The molecule has 0 atom stereocenters. The molecule has 0 unspecified atom stereocenters. The summed E-state index contributed by atoms with van der Waals surface area (Å²) >= 11 is 0. The Balaban J connectivity index is 2.82. The van der Waals surface area contributed by atoms with Gasteiger partial charge in [0, 0.05) is 17.8 Å². The number of rotatable bonds is 4. The molecule has 4 nitrogen and oxygen atoms in total. The number of para-hydroxylation sites is 1. The van der Waals surface area contributed by atoms with Crippen molar-refractivity contribution in [1.82, 2.24) is 5.32 Å². The van der Waals surface area contributed by atoms with Crippen LogP contribution in [0.3, 0.4) is 0 Å². The minimum atomic E-state index is -0.556. The van der Waals surface area contributed by atoms with Gasteiger partial charge in [-0.1, -0.05) is 39.0 Å². The van der Waals surface area contributed by atoms with E-state index in [4.69, 9.17) is 0 Å². The molecule has 0 aromatic heterocycles. The largest absolute Gasteiger partial charge is 0.343 e. The van der Waals surface area contributed by atoms with Gasteiger partial charge in [-0.2, -0.15) is 0 Å². The van der Waals surface area contributed by atoms with Crippen LogP contribution in [0.15, 0.2) is 30.3 Å². The van der Waals surface area contributed by atoms with Gasteiger partial charge in [0.25, 0.3) is 0 Å². The van der Waals surface area contributed by atoms with E-state index in [-0.39, 0.29) is 5.41 Å². The first-order valence-electron chi connectivity index (χ1n) is 7.75. The topological polar surface area (TPSA) is 49.4 Å². The van der Waals surface area contributed by atoms with Crippen molar-refractivity contribution in [3.8, 4) is 0 Å². The zero-order valence-corrected chi connectivity index (χ0v) is 14.6. The van der Waals surface area contributed by atoms with Crippen LogP contribution in [0.25, 0.3) is 0 Å². The predicted octanol–water partition coefficient (Wildman–Crippen LogP) is 3.37. The number of carbonyl (C=O) groups is 2. The Morgan fingerprint density at radius 1 is 1.05 bits per heavy atom. The molecular weight excluding hydrogens is 276 g/mol. The third-order valence-corrected chi connectivity index (χ3v) is 3.25. The van der Waals surface area contributed by atoms with E-state index in [0.29, 0.717) is 6.54 Å². The first-order chi connectivity index (χ1) is 10.1. The second-order valence-electron chi connectivity index (χ2n) is 7.46. The summed E-state index contributed by atoms with van der Waals surface area (Å²) in [5.74, 6) is -1.07. The van der Waals surface area contributed by atoms with Crippen LogP contribution in [0.4, 0.5) is 5.69 Å². The van der Waals surface area contributed by atoms with E-state index in [0.717, 1.165) is 12.1 Å². The lowest BCUT2D eigenvalue weighted by atomic mass is 9.82. The lowest BCUT2D eigenvalue weighted by molar-refractivity contribution is -0.138. The molecule has 0 aliphatic heterocycles. The molecule has 0 bridgehead atoms. The maximum atomic E-state index is 12.4. The van der Waals surface area contributed by atoms with Crippen LogP contribution in [0.2, 0.25) is 0 Å². The van der Waals surface area contributed by atoms with Crippen molar-refractivity contribution >= 4 is 17.5 Å². The predicted molar refractivity (Wildman–Crippen MR) is 90.8 cm³/mol. The summed E-state index contributed by atoms with van der Waals surface area (Å²) in [7, 11) is 0. The summed E-state index contributed by atoms with van der Waals surface area (Å²) < 4.78 is 0. The Morgan fingerprint density at radius 3 is 2.05 bits per heavy atom. The van der Waals surface area contributed by atoms with Crippen LogP contribution in [0.5, 0.6) is 0 Å². The molecule has 4 heteroatoms. The number of hydrogen-bond acceptors (Lipinski definition) is 2. The first kappa shape index (κ1) is 18.2. The van der Waals surface area contributed by atoms with Crippen LogP contribution < -0.4 is 10.2 Å². The van der Waals surface area contributed by atoms with E-state index < -0.39 is 17.4 Å². The van der Waals surface area contributed by atoms with Crippen molar-refractivity contribution in [3.05, 3.63) is 30.3 Å². The summed E-state index contributed by atoms with van der Waals surface area (Å²) in [6.45, 7) is 12.6. The normalized spacial score (nSPS) is 11.9. The molecule has 0 saturated carbocycles. The zero-order valence-electron chi connectivity index (χ0n) is 14.6. The quantitative estimate of drug-likeness (QED) is 0.867. The van der Waals surface area contributed by atoms with Gasteiger partial charge < -0.3 is 10.2 Å². The van der Waals surface area contributed by atoms with E-state index in [9.17, 15) is 9.59 Å². The summed E-state index contributed by atoms with van der Waals surface area (Å²) in [6.07, 6.45) is 0.788. The highest BCUT2D eigenvalue weighted by Gasteiger charge is 2.31. The van der Waals surface area contributed by atoms with E-state index in [2.05, 4.69) is 26.1 Å². The monoisotopic (exact) mass is 304 g/mol. The molecule has 0 aliphatic rings. The average molecular weight is 304 g/mol. The molecular formula is C18H28N2O2. The third-order valence-electron chi connectivity index (χ3n) is 3.25. The number of carbonyl (C=O) groups excluding carboxylic acids is 2. The average Bonchev–Trinajstić information content (AvgIpc) is 2.37. The second-order valence-corrected chi connectivity index (χ2v) is 7.46. The molecule has 1 N–H and O–H groups in total. The molecule has 0 radical (unpaired) electrons. The molecule has 0 heterocycles. The third kappa shape index (κ3) is 5.51. The van der Waals surface area contributed by atoms with Gasteiger partial charge in [0.15, 0.2) is 0 Å². The maximum absolute atomic E-state index is 12.4. The molecule has 22 heavy (non-hydrogen) atoms. The molecule has 0 fully saturated rings. The molecule has 1 aromatic carbocycles. The Bertz CT molecular complexity index is 516. The molecule has 0 saturated heterocycles. The zero-order chi connectivity index (χ0) is 17.0. The molecule has 0 spiro atoms. The standard InChI is InChI=1S/C18H28N2O2/c1-7-20(14-11-9-8-10-12-14)16(22)15(21)19-18(5,6)13-17(2,3)4/h8-12H,7,13H2,1-6H3,(H,19,21). The van der Waals surface area contributed by atoms with Gasteiger partial charge in [0.2, 0.25) is 0 Å². The van der Waals surface area contributed by atoms with Crippen LogP contribution in [-0.4, -0.2) is 23.9 Å². The van der Waals surface area contributed by atoms with Gasteiger partial charge in [-0.05, 0) is 44.7 Å². The number of likely N-dealkylation sites (N-methyl/N-ethyl adjacent to an activating group) is 1. The summed E-state index contributed by atoms with van der Waals surface area (Å²) in [4.78, 5) is 26.2. The van der Waals surface area contributed by atoms with Gasteiger partial charge in [0.1, 0.15) is 0 Å².